The smallest absolute Gasteiger partial charge is 0.342 e. The van der Waals surface area contributed by atoms with Gasteiger partial charge in [-0.3, -0.25) is 4.79 Å². The first kappa shape index (κ1) is 22.9. The Morgan fingerprint density at radius 1 is 1.15 bits per heavy atom. The molecule has 0 spiro atoms. The molecule has 1 aromatic rings. The van der Waals surface area contributed by atoms with Gasteiger partial charge in [-0.2, -0.15) is 0 Å². The minimum absolute atomic E-state index is 0.00593. The van der Waals surface area contributed by atoms with Crippen molar-refractivity contribution in [2.75, 3.05) is 13.7 Å². The van der Waals surface area contributed by atoms with Gasteiger partial charge in [0.15, 0.2) is 6.61 Å². The standard InChI is InChI=1S/C18H28N2O6S/c1-6-12(3)20(13(4)7-2)17(21)11-26-18(22)15-10-14(27(19,23)24)8-9-16(15)25-5/h8-10,12-13H,6-7,11H2,1-5H3,(H2,19,23,24)/t12-,13+. The molecule has 1 amide bonds. The lowest BCUT2D eigenvalue weighted by Crippen LogP contribution is -2.46. The number of hydrogen-bond donors (Lipinski definition) is 1. The number of nitrogens with two attached hydrogens (primary N) is 1. The van der Waals surface area contributed by atoms with Crippen LogP contribution < -0.4 is 9.88 Å². The average molecular weight is 400 g/mol. The van der Waals surface area contributed by atoms with Gasteiger partial charge in [-0.05, 0) is 44.9 Å². The number of primary sulfonamides is 1. The van der Waals surface area contributed by atoms with Gasteiger partial charge >= 0.3 is 5.97 Å². The van der Waals surface area contributed by atoms with E-state index in [1.807, 2.05) is 27.7 Å². The van der Waals surface area contributed by atoms with E-state index in [1.165, 1.54) is 19.2 Å². The van der Waals surface area contributed by atoms with E-state index in [1.54, 1.807) is 4.90 Å². The van der Waals surface area contributed by atoms with Crippen molar-refractivity contribution < 1.29 is 27.5 Å². The molecular weight excluding hydrogens is 372 g/mol. The van der Waals surface area contributed by atoms with E-state index in [0.29, 0.717) is 0 Å². The first-order valence-corrected chi connectivity index (χ1v) is 10.3. The molecule has 152 valence electrons. The molecule has 0 aliphatic heterocycles. The molecule has 0 aliphatic rings. The largest absolute Gasteiger partial charge is 0.496 e. The van der Waals surface area contributed by atoms with Crippen LogP contribution in [0.4, 0.5) is 0 Å². The molecule has 0 saturated heterocycles. The number of hydrogen-bond acceptors (Lipinski definition) is 6. The van der Waals surface area contributed by atoms with E-state index in [-0.39, 0.29) is 34.2 Å². The Morgan fingerprint density at radius 2 is 1.70 bits per heavy atom. The number of benzene rings is 1. The summed E-state index contributed by atoms with van der Waals surface area (Å²) in [6.07, 6.45) is 1.54. The minimum atomic E-state index is -4.00. The Balaban J connectivity index is 3.00. The summed E-state index contributed by atoms with van der Waals surface area (Å²) in [7, 11) is -2.66. The third-order valence-electron chi connectivity index (χ3n) is 4.47. The second kappa shape index (κ2) is 9.70. The van der Waals surface area contributed by atoms with Crippen LogP contribution in [0.2, 0.25) is 0 Å². The van der Waals surface area contributed by atoms with Crippen molar-refractivity contribution in [2.45, 2.75) is 57.5 Å². The summed E-state index contributed by atoms with van der Waals surface area (Å²) in [5.74, 6) is -1.05. The highest BCUT2D eigenvalue weighted by molar-refractivity contribution is 7.89. The number of carbonyl (C=O) groups is 2. The third-order valence-corrected chi connectivity index (χ3v) is 5.38. The maximum absolute atomic E-state index is 12.6. The highest BCUT2D eigenvalue weighted by Gasteiger charge is 2.25. The lowest BCUT2D eigenvalue weighted by atomic mass is 10.1. The lowest BCUT2D eigenvalue weighted by molar-refractivity contribution is -0.139. The summed E-state index contributed by atoms with van der Waals surface area (Å²) in [6.45, 7) is 7.37. The molecule has 0 radical (unpaired) electrons. The van der Waals surface area contributed by atoms with Crippen LogP contribution in [0, 0.1) is 0 Å². The topological polar surface area (TPSA) is 116 Å². The zero-order valence-corrected chi connectivity index (χ0v) is 17.2. The van der Waals surface area contributed by atoms with Gasteiger partial charge in [-0.25, -0.2) is 18.4 Å². The molecular formula is C18H28N2O6S. The van der Waals surface area contributed by atoms with Gasteiger partial charge in [-0.15, -0.1) is 0 Å². The quantitative estimate of drug-likeness (QED) is 0.633. The Hall–Kier alpha value is -2.13. The summed E-state index contributed by atoms with van der Waals surface area (Å²) < 4.78 is 33.2. The van der Waals surface area contributed by atoms with Crippen LogP contribution in [-0.4, -0.2) is 51.0 Å². The number of nitrogens with zero attached hydrogens (tertiary/aromatic N) is 1. The predicted molar refractivity (Wildman–Crippen MR) is 101 cm³/mol. The van der Waals surface area contributed by atoms with Crippen LogP contribution in [-0.2, 0) is 19.6 Å². The van der Waals surface area contributed by atoms with Crippen molar-refractivity contribution in [3.8, 4) is 5.75 Å². The number of rotatable bonds is 9. The van der Waals surface area contributed by atoms with Gasteiger partial charge in [0.1, 0.15) is 11.3 Å². The molecule has 1 rings (SSSR count). The highest BCUT2D eigenvalue weighted by atomic mass is 32.2. The van der Waals surface area contributed by atoms with E-state index in [0.717, 1.165) is 18.9 Å². The second-order valence-corrected chi connectivity index (χ2v) is 7.86. The first-order valence-electron chi connectivity index (χ1n) is 8.75. The van der Waals surface area contributed by atoms with E-state index in [2.05, 4.69) is 0 Å². The fraction of sp³-hybridized carbons (Fsp3) is 0.556. The maximum Gasteiger partial charge on any atom is 0.342 e. The molecule has 2 atom stereocenters. The van der Waals surface area contributed by atoms with Gasteiger partial charge in [0.25, 0.3) is 5.91 Å². The fourth-order valence-electron chi connectivity index (χ4n) is 2.62. The Bertz CT molecular complexity index is 768. The molecule has 9 heteroatoms. The van der Waals surface area contributed by atoms with Crippen LogP contribution >= 0.6 is 0 Å². The van der Waals surface area contributed by atoms with Crippen LogP contribution in [0.15, 0.2) is 23.1 Å². The monoisotopic (exact) mass is 400 g/mol. The maximum atomic E-state index is 12.6. The normalized spacial score (nSPS) is 13.6. The van der Waals surface area contributed by atoms with Crippen LogP contribution in [0.1, 0.15) is 50.9 Å². The molecule has 0 unspecified atom stereocenters. The van der Waals surface area contributed by atoms with Crippen LogP contribution in [0.3, 0.4) is 0 Å². The van der Waals surface area contributed by atoms with Crippen molar-refractivity contribution in [3.05, 3.63) is 23.8 Å². The van der Waals surface area contributed by atoms with Gasteiger partial charge in [0, 0.05) is 12.1 Å². The van der Waals surface area contributed by atoms with Crippen molar-refractivity contribution >= 4 is 21.9 Å². The van der Waals surface area contributed by atoms with Crippen molar-refractivity contribution in [2.24, 2.45) is 5.14 Å². The van der Waals surface area contributed by atoms with Gasteiger partial charge in [-0.1, -0.05) is 13.8 Å². The van der Waals surface area contributed by atoms with E-state index < -0.39 is 22.6 Å². The molecule has 0 heterocycles. The zero-order chi connectivity index (χ0) is 20.8. The fourth-order valence-corrected chi connectivity index (χ4v) is 3.16. The number of methoxy groups -OCH3 is 1. The lowest BCUT2D eigenvalue weighted by Gasteiger charge is -2.33. The van der Waals surface area contributed by atoms with Crippen LogP contribution in [0.5, 0.6) is 5.75 Å². The number of sulfonamides is 1. The molecule has 0 aliphatic carbocycles. The number of amides is 1. The molecule has 1 aromatic carbocycles. The van der Waals surface area contributed by atoms with Gasteiger partial charge in [0.05, 0.1) is 12.0 Å². The summed E-state index contributed by atoms with van der Waals surface area (Å²) >= 11 is 0. The molecule has 27 heavy (non-hydrogen) atoms. The number of ether oxygens (including phenoxy) is 2. The Kier molecular flexibility index (Phi) is 8.23. The van der Waals surface area contributed by atoms with E-state index in [4.69, 9.17) is 14.6 Å². The van der Waals surface area contributed by atoms with Crippen LogP contribution in [0.25, 0.3) is 0 Å². The summed E-state index contributed by atoms with van der Waals surface area (Å²) in [4.78, 5) is 26.4. The summed E-state index contributed by atoms with van der Waals surface area (Å²) in [5, 5.41) is 5.09. The molecule has 8 nitrogen and oxygen atoms in total. The third kappa shape index (κ3) is 5.93. The van der Waals surface area contributed by atoms with E-state index >= 15 is 0 Å². The molecule has 0 aromatic heterocycles. The van der Waals surface area contributed by atoms with Crippen molar-refractivity contribution in [1.82, 2.24) is 4.90 Å². The van der Waals surface area contributed by atoms with Crippen molar-refractivity contribution in [1.29, 1.82) is 0 Å². The SMILES string of the molecule is CC[C@@H](C)N(C(=O)COC(=O)c1cc(S(N)(=O)=O)ccc1OC)[C@@H](C)CC. The van der Waals surface area contributed by atoms with Crippen molar-refractivity contribution in [3.63, 3.8) is 0 Å². The first-order chi connectivity index (χ1) is 12.6. The van der Waals surface area contributed by atoms with E-state index in [9.17, 15) is 18.0 Å². The van der Waals surface area contributed by atoms with Gasteiger partial charge < -0.3 is 14.4 Å². The Labute approximate surface area is 160 Å². The second-order valence-electron chi connectivity index (χ2n) is 6.30. The molecule has 2 N–H and O–H groups in total. The molecule has 0 fully saturated rings. The average Bonchev–Trinajstić information content (AvgIpc) is 2.64. The predicted octanol–water partition coefficient (Wildman–Crippen LogP) is 1.93. The zero-order valence-electron chi connectivity index (χ0n) is 16.4. The molecule has 0 bridgehead atoms. The molecule has 0 saturated carbocycles. The Morgan fingerprint density at radius 3 is 2.15 bits per heavy atom. The van der Waals surface area contributed by atoms with Gasteiger partial charge in [0.2, 0.25) is 10.0 Å². The summed E-state index contributed by atoms with van der Waals surface area (Å²) in [6, 6.07) is 3.62. The highest BCUT2D eigenvalue weighted by Crippen LogP contribution is 2.23. The number of carbonyl (C=O) groups excluding carboxylic acids is 2. The summed E-state index contributed by atoms with van der Waals surface area (Å²) in [5.41, 5.74) is -0.115. The minimum Gasteiger partial charge on any atom is -0.496 e. The number of esters is 1.